The maximum Gasteiger partial charge on any atom is 0.241 e. The third-order valence-corrected chi connectivity index (χ3v) is 2.25. The van der Waals surface area contributed by atoms with Crippen molar-refractivity contribution in [3.05, 3.63) is 11.9 Å². The quantitative estimate of drug-likeness (QED) is 0.584. The van der Waals surface area contributed by atoms with Crippen molar-refractivity contribution in [3.63, 3.8) is 0 Å². The van der Waals surface area contributed by atoms with Gasteiger partial charge in [0.2, 0.25) is 5.91 Å². The minimum atomic E-state index is -0.0411. The molecule has 0 bridgehead atoms. The second-order valence-electron chi connectivity index (χ2n) is 3.93. The highest BCUT2D eigenvalue weighted by Gasteiger charge is 2.04. The summed E-state index contributed by atoms with van der Waals surface area (Å²) >= 11 is 0. The monoisotopic (exact) mass is 255 g/mol. The first-order valence-electron chi connectivity index (χ1n) is 6.11. The fraction of sp³-hybridized carbons (Fsp3) is 0.727. The third kappa shape index (κ3) is 5.74. The molecule has 0 fully saturated rings. The molecule has 0 radical (unpaired) electrons. The molecule has 18 heavy (non-hydrogen) atoms. The number of ether oxygens (including phenoxy) is 1. The van der Waals surface area contributed by atoms with Gasteiger partial charge in [-0.3, -0.25) is 4.79 Å². The molecule has 0 aliphatic carbocycles. The fourth-order valence-corrected chi connectivity index (χ4v) is 1.35. The van der Waals surface area contributed by atoms with Crippen LogP contribution in [0.3, 0.4) is 0 Å². The Morgan fingerprint density at radius 1 is 1.50 bits per heavy atom. The number of nitrogens with one attached hydrogen (secondary N) is 2. The van der Waals surface area contributed by atoms with Crippen LogP contribution in [0.5, 0.6) is 0 Å². The molecule has 7 heteroatoms. The smallest absolute Gasteiger partial charge is 0.241 e. The van der Waals surface area contributed by atoms with Crippen molar-refractivity contribution in [2.24, 2.45) is 0 Å². The lowest BCUT2D eigenvalue weighted by atomic mass is 10.4. The molecule has 2 N–H and O–H groups in total. The zero-order valence-electron chi connectivity index (χ0n) is 11.0. The van der Waals surface area contributed by atoms with E-state index in [9.17, 15) is 4.79 Å². The van der Waals surface area contributed by atoms with Gasteiger partial charge < -0.3 is 15.4 Å². The van der Waals surface area contributed by atoms with Crippen LogP contribution in [0.2, 0.25) is 0 Å². The van der Waals surface area contributed by atoms with Crippen LogP contribution in [-0.2, 0) is 22.6 Å². The first-order valence-corrected chi connectivity index (χ1v) is 6.11. The molecule has 0 atom stereocenters. The molecule has 0 aromatic carbocycles. The van der Waals surface area contributed by atoms with Gasteiger partial charge in [0.05, 0.1) is 18.5 Å². The summed E-state index contributed by atoms with van der Waals surface area (Å²) in [7, 11) is 1.66. The SMILES string of the molecule is CCCNC(=O)Cn1cc(CNCCOC)nn1. The lowest BCUT2D eigenvalue weighted by Crippen LogP contribution is -2.28. The predicted molar refractivity (Wildman–Crippen MR) is 66.9 cm³/mol. The Labute approximate surface area is 107 Å². The van der Waals surface area contributed by atoms with Gasteiger partial charge in [0.15, 0.2) is 0 Å². The van der Waals surface area contributed by atoms with Gasteiger partial charge in [0.25, 0.3) is 0 Å². The van der Waals surface area contributed by atoms with Crippen LogP contribution in [0, 0.1) is 0 Å². The lowest BCUT2D eigenvalue weighted by molar-refractivity contribution is -0.121. The van der Waals surface area contributed by atoms with Crippen molar-refractivity contribution in [2.45, 2.75) is 26.4 Å². The molecule has 102 valence electrons. The second kappa shape index (κ2) is 8.60. The van der Waals surface area contributed by atoms with Crippen molar-refractivity contribution in [2.75, 3.05) is 26.8 Å². The van der Waals surface area contributed by atoms with Crippen molar-refractivity contribution in [1.29, 1.82) is 0 Å². The molecular formula is C11H21N5O2. The summed E-state index contributed by atoms with van der Waals surface area (Å²) < 4.78 is 6.46. The number of amides is 1. The molecule has 7 nitrogen and oxygen atoms in total. The zero-order chi connectivity index (χ0) is 13.2. The molecule has 0 saturated heterocycles. The number of nitrogens with zero attached hydrogens (tertiary/aromatic N) is 3. The Morgan fingerprint density at radius 3 is 3.06 bits per heavy atom. The molecular weight excluding hydrogens is 234 g/mol. The van der Waals surface area contributed by atoms with E-state index in [0.29, 0.717) is 19.7 Å². The van der Waals surface area contributed by atoms with Gasteiger partial charge in [-0.25, -0.2) is 4.68 Å². The molecule has 0 unspecified atom stereocenters. The van der Waals surface area contributed by atoms with Crippen LogP contribution in [-0.4, -0.2) is 47.7 Å². The highest BCUT2D eigenvalue weighted by molar-refractivity contribution is 5.75. The van der Waals surface area contributed by atoms with Crippen molar-refractivity contribution >= 4 is 5.91 Å². The van der Waals surface area contributed by atoms with E-state index in [4.69, 9.17) is 4.74 Å². The predicted octanol–water partition coefficient (Wildman–Crippen LogP) is -0.460. The number of carbonyl (C=O) groups excluding carboxylic acids is 1. The largest absolute Gasteiger partial charge is 0.383 e. The van der Waals surface area contributed by atoms with E-state index >= 15 is 0 Å². The maximum absolute atomic E-state index is 11.4. The lowest BCUT2D eigenvalue weighted by Gasteiger charge is -2.02. The van der Waals surface area contributed by atoms with Crippen molar-refractivity contribution < 1.29 is 9.53 Å². The van der Waals surface area contributed by atoms with E-state index in [1.165, 1.54) is 0 Å². The Hall–Kier alpha value is -1.47. The molecule has 1 rings (SSSR count). The number of carbonyl (C=O) groups is 1. The zero-order valence-corrected chi connectivity index (χ0v) is 11.0. The molecule has 0 aliphatic heterocycles. The summed E-state index contributed by atoms with van der Waals surface area (Å²) in [4.78, 5) is 11.4. The minimum Gasteiger partial charge on any atom is -0.383 e. The Bertz CT molecular complexity index is 353. The van der Waals surface area contributed by atoms with E-state index in [1.807, 2.05) is 6.92 Å². The van der Waals surface area contributed by atoms with E-state index in [-0.39, 0.29) is 12.5 Å². The number of aromatic nitrogens is 3. The summed E-state index contributed by atoms with van der Waals surface area (Å²) in [5.74, 6) is -0.0411. The van der Waals surface area contributed by atoms with Gasteiger partial charge in [-0.15, -0.1) is 5.10 Å². The van der Waals surface area contributed by atoms with E-state index in [1.54, 1.807) is 18.0 Å². The first-order chi connectivity index (χ1) is 8.76. The summed E-state index contributed by atoms with van der Waals surface area (Å²) in [6, 6.07) is 0. The molecule has 1 heterocycles. The molecule has 1 amide bonds. The highest BCUT2D eigenvalue weighted by Crippen LogP contribution is 1.92. The average Bonchev–Trinajstić information content (AvgIpc) is 2.80. The molecule has 1 aromatic rings. The van der Waals surface area contributed by atoms with Gasteiger partial charge in [-0.1, -0.05) is 12.1 Å². The summed E-state index contributed by atoms with van der Waals surface area (Å²) in [5.41, 5.74) is 0.814. The minimum absolute atomic E-state index is 0.0411. The van der Waals surface area contributed by atoms with E-state index in [0.717, 1.165) is 18.7 Å². The van der Waals surface area contributed by atoms with Crippen LogP contribution in [0.25, 0.3) is 0 Å². The third-order valence-electron chi connectivity index (χ3n) is 2.25. The van der Waals surface area contributed by atoms with Crippen LogP contribution in [0.4, 0.5) is 0 Å². The second-order valence-corrected chi connectivity index (χ2v) is 3.93. The molecule has 0 aliphatic rings. The number of hydrogen-bond acceptors (Lipinski definition) is 5. The van der Waals surface area contributed by atoms with Crippen LogP contribution >= 0.6 is 0 Å². The van der Waals surface area contributed by atoms with Gasteiger partial charge >= 0.3 is 0 Å². The topological polar surface area (TPSA) is 81.1 Å². The van der Waals surface area contributed by atoms with Crippen molar-refractivity contribution in [1.82, 2.24) is 25.6 Å². The van der Waals surface area contributed by atoms with E-state index < -0.39 is 0 Å². The number of rotatable bonds is 9. The number of methoxy groups -OCH3 is 1. The standard InChI is InChI=1S/C11H21N5O2/c1-3-4-13-11(17)9-16-8-10(14-15-16)7-12-5-6-18-2/h8,12H,3-7,9H2,1-2H3,(H,13,17). The van der Waals surface area contributed by atoms with Crippen molar-refractivity contribution in [3.8, 4) is 0 Å². The Kier molecular flexibility index (Phi) is 6.97. The van der Waals surface area contributed by atoms with Gasteiger partial charge in [-0.2, -0.15) is 0 Å². The maximum atomic E-state index is 11.4. The molecule has 0 spiro atoms. The Balaban J connectivity index is 2.27. The van der Waals surface area contributed by atoms with Gasteiger partial charge in [0.1, 0.15) is 6.54 Å². The highest BCUT2D eigenvalue weighted by atomic mass is 16.5. The summed E-state index contributed by atoms with van der Waals surface area (Å²) in [6.45, 7) is 4.97. The van der Waals surface area contributed by atoms with Gasteiger partial charge in [-0.05, 0) is 6.42 Å². The first kappa shape index (κ1) is 14.6. The normalized spacial score (nSPS) is 10.6. The fourth-order valence-electron chi connectivity index (χ4n) is 1.35. The van der Waals surface area contributed by atoms with Crippen LogP contribution in [0.1, 0.15) is 19.0 Å². The Morgan fingerprint density at radius 2 is 2.33 bits per heavy atom. The summed E-state index contributed by atoms with van der Waals surface area (Å²) in [5, 5.41) is 13.8. The molecule has 1 aromatic heterocycles. The summed E-state index contributed by atoms with van der Waals surface area (Å²) in [6.07, 6.45) is 2.70. The number of hydrogen-bond donors (Lipinski definition) is 2. The van der Waals surface area contributed by atoms with Gasteiger partial charge in [0, 0.05) is 26.7 Å². The molecule has 0 saturated carbocycles. The van der Waals surface area contributed by atoms with E-state index in [2.05, 4.69) is 20.9 Å². The average molecular weight is 255 g/mol. The van der Waals surface area contributed by atoms with Crippen LogP contribution < -0.4 is 10.6 Å². The van der Waals surface area contributed by atoms with Crippen LogP contribution in [0.15, 0.2) is 6.20 Å².